The van der Waals surface area contributed by atoms with Gasteiger partial charge in [0.25, 0.3) is 0 Å². The van der Waals surface area contributed by atoms with Crippen molar-refractivity contribution in [1.82, 2.24) is 0 Å². The molecule has 0 unspecified atom stereocenters. The first-order valence-electron chi connectivity index (χ1n) is 3.38. The Morgan fingerprint density at radius 2 is 1.73 bits per heavy atom. The van der Waals surface area contributed by atoms with Crippen molar-refractivity contribution < 1.29 is 5.11 Å². The van der Waals surface area contributed by atoms with Gasteiger partial charge in [-0.1, -0.05) is 0 Å². The summed E-state index contributed by atoms with van der Waals surface area (Å²) < 4.78 is 0. The van der Waals surface area contributed by atoms with Gasteiger partial charge in [-0.05, 0) is 25.0 Å². The van der Waals surface area contributed by atoms with Gasteiger partial charge in [-0.2, -0.15) is 0 Å². The maximum absolute atomic E-state index is 9.27. The maximum atomic E-state index is 9.27. The van der Waals surface area contributed by atoms with Gasteiger partial charge in [0.05, 0.1) is 11.4 Å². The van der Waals surface area contributed by atoms with E-state index in [9.17, 15) is 5.11 Å². The number of anilines is 2. The predicted molar refractivity (Wildman–Crippen MR) is 46.4 cm³/mol. The molecule has 5 N–H and O–H groups in total. The van der Waals surface area contributed by atoms with E-state index in [1.165, 1.54) is 6.07 Å². The molecule has 0 fully saturated rings. The fourth-order valence-electron chi connectivity index (χ4n) is 0.944. The Kier molecular flexibility index (Phi) is 1.64. The van der Waals surface area contributed by atoms with Crippen LogP contribution in [-0.2, 0) is 0 Å². The lowest BCUT2D eigenvalue weighted by Gasteiger charge is -2.08. The highest BCUT2D eigenvalue weighted by molar-refractivity contribution is 5.71. The summed E-state index contributed by atoms with van der Waals surface area (Å²) in [7, 11) is 0. The Labute approximate surface area is 65.6 Å². The van der Waals surface area contributed by atoms with Crippen molar-refractivity contribution in [2.45, 2.75) is 13.8 Å². The molecule has 0 radical (unpaired) electrons. The Morgan fingerprint density at radius 1 is 1.18 bits per heavy atom. The Balaban J connectivity index is 3.46. The summed E-state index contributed by atoms with van der Waals surface area (Å²) in [6, 6.07) is 1.47. The normalized spacial score (nSPS) is 10.0. The summed E-state index contributed by atoms with van der Waals surface area (Å²) >= 11 is 0. The minimum absolute atomic E-state index is 0.203. The lowest BCUT2D eigenvalue weighted by atomic mass is 10.1. The fraction of sp³-hybridized carbons (Fsp3) is 0.250. The molecule has 60 valence electrons. The molecular formula is C8H12N2O. The molecule has 0 amide bonds. The molecule has 1 rings (SSSR count). The zero-order valence-electron chi connectivity index (χ0n) is 6.68. The number of nitrogens with two attached hydrogens (primary N) is 2. The van der Waals surface area contributed by atoms with Crippen LogP contribution < -0.4 is 11.5 Å². The smallest absolute Gasteiger partial charge is 0.120 e. The van der Waals surface area contributed by atoms with Gasteiger partial charge in [0, 0.05) is 6.07 Å². The van der Waals surface area contributed by atoms with Crippen molar-refractivity contribution in [2.75, 3.05) is 11.5 Å². The van der Waals surface area contributed by atoms with E-state index in [2.05, 4.69) is 0 Å². The van der Waals surface area contributed by atoms with Crippen LogP contribution in [0.2, 0.25) is 0 Å². The summed E-state index contributed by atoms with van der Waals surface area (Å²) in [6.45, 7) is 3.64. The molecule has 0 saturated heterocycles. The monoisotopic (exact) mass is 152 g/mol. The first-order chi connectivity index (χ1) is 5.04. The number of nitrogen functional groups attached to an aromatic ring is 2. The molecule has 0 saturated carbocycles. The number of benzene rings is 1. The molecule has 0 heterocycles. The lowest BCUT2D eigenvalue weighted by Crippen LogP contribution is -1.98. The molecule has 0 aromatic heterocycles. The van der Waals surface area contributed by atoms with Gasteiger partial charge in [-0.3, -0.25) is 0 Å². The molecule has 0 atom stereocenters. The number of hydrogen-bond donors (Lipinski definition) is 3. The van der Waals surface area contributed by atoms with Crippen molar-refractivity contribution in [2.24, 2.45) is 0 Å². The summed E-state index contributed by atoms with van der Waals surface area (Å²) in [6.07, 6.45) is 0. The average Bonchev–Trinajstić information content (AvgIpc) is 1.97. The zero-order chi connectivity index (χ0) is 8.59. The Bertz CT molecular complexity index is 268. The molecule has 0 aliphatic rings. The molecule has 3 heteroatoms. The topological polar surface area (TPSA) is 72.3 Å². The molecular weight excluding hydrogens is 140 g/mol. The van der Waals surface area contributed by atoms with E-state index < -0.39 is 0 Å². The van der Waals surface area contributed by atoms with Gasteiger partial charge in [0.2, 0.25) is 0 Å². The van der Waals surface area contributed by atoms with Crippen molar-refractivity contribution in [3.63, 3.8) is 0 Å². The standard InChI is InChI=1S/C8H12N2O/c1-4-5(2)8(10)6(9)3-7(4)11/h3,11H,9-10H2,1-2H3. The first kappa shape index (κ1) is 7.72. The third kappa shape index (κ3) is 1.09. The highest BCUT2D eigenvalue weighted by Crippen LogP contribution is 2.29. The van der Waals surface area contributed by atoms with E-state index in [1.807, 2.05) is 6.92 Å². The molecule has 0 aliphatic carbocycles. The van der Waals surface area contributed by atoms with Gasteiger partial charge < -0.3 is 16.6 Å². The van der Waals surface area contributed by atoms with Crippen LogP contribution in [0.15, 0.2) is 6.07 Å². The number of aromatic hydroxyl groups is 1. The van der Waals surface area contributed by atoms with Crippen molar-refractivity contribution >= 4 is 11.4 Å². The maximum Gasteiger partial charge on any atom is 0.120 e. The van der Waals surface area contributed by atoms with Crippen LogP contribution in [0.1, 0.15) is 11.1 Å². The lowest BCUT2D eigenvalue weighted by molar-refractivity contribution is 0.471. The minimum Gasteiger partial charge on any atom is -0.508 e. The van der Waals surface area contributed by atoms with Gasteiger partial charge in [0.1, 0.15) is 5.75 Å². The number of phenolic OH excluding ortho intramolecular Hbond substituents is 1. The van der Waals surface area contributed by atoms with Crippen LogP contribution in [0.3, 0.4) is 0 Å². The second-order valence-electron chi connectivity index (χ2n) is 2.65. The summed E-state index contributed by atoms with van der Waals surface area (Å²) in [5, 5.41) is 9.27. The van der Waals surface area contributed by atoms with E-state index in [4.69, 9.17) is 11.5 Å². The largest absolute Gasteiger partial charge is 0.508 e. The first-order valence-corrected chi connectivity index (χ1v) is 3.38. The van der Waals surface area contributed by atoms with E-state index in [1.54, 1.807) is 6.92 Å². The van der Waals surface area contributed by atoms with Gasteiger partial charge in [-0.25, -0.2) is 0 Å². The second-order valence-corrected chi connectivity index (χ2v) is 2.65. The predicted octanol–water partition coefficient (Wildman–Crippen LogP) is 1.17. The fourth-order valence-corrected chi connectivity index (χ4v) is 0.944. The molecule has 3 nitrogen and oxygen atoms in total. The molecule has 0 aliphatic heterocycles. The van der Waals surface area contributed by atoms with E-state index >= 15 is 0 Å². The Hall–Kier alpha value is -1.38. The highest BCUT2D eigenvalue weighted by atomic mass is 16.3. The quantitative estimate of drug-likeness (QED) is 0.386. The number of hydrogen-bond acceptors (Lipinski definition) is 3. The zero-order valence-corrected chi connectivity index (χ0v) is 6.68. The van der Waals surface area contributed by atoms with Crippen LogP contribution in [0, 0.1) is 13.8 Å². The van der Waals surface area contributed by atoms with Crippen LogP contribution in [0.4, 0.5) is 11.4 Å². The van der Waals surface area contributed by atoms with E-state index in [0.717, 1.165) is 11.1 Å². The van der Waals surface area contributed by atoms with Gasteiger partial charge >= 0.3 is 0 Å². The van der Waals surface area contributed by atoms with Crippen molar-refractivity contribution in [3.8, 4) is 5.75 Å². The molecule has 1 aromatic rings. The van der Waals surface area contributed by atoms with Gasteiger partial charge in [-0.15, -0.1) is 0 Å². The molecule has 11 heavy (non-hydrogen) atoms. The summed E-state index contributed by atoms with van der Waals surface area (Å²) in [5.74, 6) is 0.203. The van der Waals surface area contributed by atoms with Crippen LogP contribution in [0.5, 0.6) is 5.75 Å². The van der Waals surface area contributed by atoms with Gasteiger partial charge in [0.15, 0.2) is 0 Å². The minimum atomic E-state index is 0.203. The van der Waals surface area contributed by atoms with Crippen molar-refractivity contribution in [1.29, 1.82) is 0 Å². The third-order valence-electron chi connectivity index (χ3n) is 1.95. The second kappa shape index (κ2) is 2.34. The van der Waals surface area contributed by atoms with Crippen LogP contribution in [-0.4, -0.2) is 5.11 Å². The van der Waals surface area contributed by atoms with Crippen molar-refractivity contribution in [3.05, 3.63) is 17.2 Å². The van der Waals surface area contributed by atoms with E-state index in [0.29, 0.717) is 11.4 Å². The number of phenols is 1. The van der Waals surface area contributed by atoms with Crippen LogP contribution in [0.25, 0.3) is 0 Å². The van der Waals surface area contributed by atoms with E-state index in [-0.39, 0.29) is 5.75 Å². The average molecular weight is 152 g/mol. The number of rotatable bonds is 0. The Morgan fingerprint density at radius 3 is 2.27 bits per heavy atom. The highest BCUT2D eigenvalue weighted by Gasteiger charge is 2.05. The summed E-state index contributed by atoms with van der Waals surface area (Å²) in [4.78, 5) is 0. The SMILES string of the molecule is Cc1c(O)cc(N)c(N)c1C. The molecule has 0 bridgehead atoms. The molecule has 0 spiro atoms. The van der Waals surface area contributed by atoms with Crippen LogP contribution >= 0.6 is 0 Å². The molecule has 1 aromatic carbocycles. The summed E-state index contributed by atoms with van der Waals surface area (Å²) in [5.41, 5.74) is 13.8. The third-order valence-corrected chi connectivity index (χ3v) is 1.95.